The molecule has 0 aliphatic heterocycles. The summed E-state index contributed by atoms with van der Waals surface area (Å²) < 4.78 is 6.11. The molecule has 0 saturated carbocycles. The standard InChI is InChI=1S/C18H17IO/c1-4-17(2,3)18(20-19)15-11-7-5-9-13(15)14-10-6-8-12-16(14)18/h4-12H,1H2,2-3H3. The Labute approximate surface area is 134 Å². The zero-order valence-electron chi connectivity index (χ0n) is 11.7. The van der Waals surface area contributed by atoms with Crippen LogP contribution in [0.4, 0.5) is 0 Å². The van der Waals surface area contributed by atoms with Crippen molar-refractivity contribution in [3.63, 3.8) is 0 Å². The summed E-state index contributed by atoms with van der Waals surface area (Å²) in [6, 6.07) is 17.0. The molecule has 1 aliphatic carbocycles. The molecular weight excluding hydrogens is 359 g/mol. The number of fused-ring (bicyclic) bond motifs is 3. The lowest BCUT2D eigenvalue weighted by Crippen LogP contribution is -2.40. The van der Waals surface area contributed by atoms with Crippen molar-refractivity contribution in [3.05, 3.63) is 72.3 Å². The Hall–Kier alpha value is -1.13. The molecule has 0 spiro atoms. The lowest BCUT2D eigenvalue weighted by atomic mass is 9.69. The number of halogens is 1. The fraction of sp³-hybridized carbons (Fsp3) is 0.222. The van der Waals surface area contributed by atoms with Crippen molar-refractivity contribution in [2.75, 3.05) is 0 Å². The smallest absolute Gasteiger partial charge is 0.140 e. The zero-order chi connectivity index (χ0) is 14.4. The molecule has 0 heterocycles. The minimum Gasteiger partial charge on any atom is -0.298 e. The lowest BCUT2D eigenvalue weighted by molar-refractivity contribution is 0.0674. The Bertz CT molecular complexity index is 627. The molecule has 1 aliphatic rings. The summed E-state index contributed by atoms with van der Waals surface area (Å²) >= 11 is 2.04. The molecule has 0 amide bonds. The summed E-state index contributed by atoms with van der Waals surface area (Å²) in [5.41, 5.74) is 4.27. The number of benzene rings is 2. The highest BCUT2D eigenvalue weighted by molar-refractivity contribution is 14.1. The third-order valence-electron chi connectivity index (χ3n) is 4.44. The third kappa shape index (κ3) is 1.58. The quantitative estimate of drug-likeness (QED) is 0.509. The van der Waals surface area contributed by atoms with E-state index in [1.165, 1.54) is 22.3 Å². The molecule has 0 N–H and O–H groups in total. The van der Waals surface area contributed by atoms with Gasteiger partial charge in [0.1, 0.15) is 28.6 Å². The molecule has 20 heavy (non-hydrogen) atoms. The van der Waals surface area contributed by atoms with Crippen LogP contribution in [0.5, 0.6) is 0 Å². The SMILES string of the molecule is C=CC(C)(C)C1(OI)c2ccccc2-c2ccccc21. The monoisotopic (exact) mass is 376 g/mol. The molecule has 2 heteroatoms. The number of hydrogen-bond donors (Lipinski definition) is 0. The minimum atomic E-state index is -0.484. The zero-order valence-corrected chi connectivity index (χ0v) is 13.8. The summed E-state index contributed by atoms with van der Waals surface area (Å²) in [4.78, 5) is 0. The molecule has 1 nitrogen and oxygen atoms in total. The molecule has 2 aromatic carbocycles. The molecule has 2 aromatic rings. The van der Waals surface area contributed by atoms with Crippen LogP contribution in [0.15, 0.2) is 61.2 Å². The van der Waals surface area contributed by atoms with E-state index in [4.69, 9.17) is 3.07 Å². The van der Waals surface area contributed by atoms with E-state index in [1.54, 1.807) is 0 Å². The van der Waals surface area contributed by atoms with Crippen LogP contribution in [0.2, 0.25) is 0 Å². The van der Waals surface area contributed by atoms with Gasteiger partial charge in [0, 0.05) is 5.41 Å². The largest absolute Gasteiger partial charge is 0.298 e. The fourth-order valence-corrected chi connectivity index (χ4v) is 4.26. The van der Waals surface area contributed by atoms with Gasteiger partial charge >= 0.3 is 0 Å². The Kier molecular flexibility index (Phi) is 3.26. The summed E-state index contributed by atoms with van der Waals surface area (Å²) in [6.07, 6.45) is 1.99. The van der Waals surface area contributed by atoms with Crippen molar-refractivity contribution in [2.24, 2.45) is 5.41 Å². The first kappa shape index (κ1) is 13.8. The van der Waals surface area contributed by atoms with Crippen molar-refractivity contribution in [2.45, 2.75) is 19.4 Å². The van der Waals surface area contributed by atoms with Crippen LogP contribution in [0.3, 0.4) is 0 Å². The van der Waals surface area contributed by atoms with Gasteiger partial charge in [-0.1, -0.05) is 68.5 Å². The highest BCUT2D eigenvalue weighted by Gasteiger charge is 2.53. The summed E-state index contributed by atoms with van der Waals surface area (Å²) in [6.45, 7) is 8.39. The number of hydrogen-bond acceptors (Lipinski definition) is 1. The van der Waals surface area contributed by atoms with Crippen LogP contribution >= 0.6 is 23.0 Å². The predicted octanol–water partition coefficient (Wildman–Crippen LogP) is 5.49. The lowest BCUT2D eigenvalue weighted by Gasteiger charge is -2.41. The first-order valence-electron chi connectivity index (χ1n) is 6.71. The summed E-state index contributed by atoms with van der Waals surface area (Å²) in [5.74, 6) is 0. The Morgan fingerprint density at radius 3 is 1.85 bits per heavy atom. The van der Waals surface area contributed by atoms with Crippen molar-refractivity contribution >= 4 is 23.0 Å². The average Bonchev–Trinajstić information content (AvgIpc) is 2.79. The molecule has 0 saturated heterocycles. The summed E-state index contributed by atoms with van der Waals surface area (Å²) in [7, 11) is 0. The maximum Gasteiger partial charge on any atom is 0.140 e. The van der Waals surface area contributed by atoms with Gasteiger partial charge in [-0.2, -0.15) is 0 Å². The second kappa shape index (κ2) is 4.71. The second-order valence-corrected chi connectivity index (χ2v) is 6.22. The molecule has 0 unspecified atom stereocenters. The first-order valence-corrected chi connectivity index (χ1v) is 7.59. The van der Waals surface area contributed by atoms with Crippen molar-refractivity contribution in [1.82, 2.24) is 0 Å². The van der Waals surface area contributed by atoms with Gasteiger partial charge in [0.25, 0.3) is 0 Å². The Morgan fingerprint density at radius 2 is 1.45 bits per heavy atom. The average molecular weight is 376 g/mol. The molecule has 102 valence electrons. The Balaban J connectivity index is 2.44. The van der Waals surface area contributed by atoms with Crippen LogP contribution in [0.1, 0.15) is 25.0 Å². The summed E-state index contributed by atoms with van der Waals surface area (Å²) in [5, 5.41) is 0. The third-order valence-corrected chi connectivity index (χ3v) is 5.10. The second-order valence-electron chi connectivity index (χ2n) is 5.78. The van der Waals surface area contributed by atoms with Gasteiger partial charge in [0.05, 0.1) is 0 Å². The van der Waals surface area contributed by atoms with Crippen molar-refractivity contribution < 1.29 is 3.07 Å². The van der Waals surface area contributed by atoms with Crippen LogP contribution in [-0.2, 0) is 8.67 Å². The molecular formula is C18H17IO. The van der Waals surface area contributed by atoms with Crippen LogP contribution in [0.25, 0.3) is 11.1 Å². The molecule has 3 rings (SSSR count). The van der Waals surface area contributed by atoms with E-state index >= 15 is 0 Å². The predicted molar refractivity (Wildman–Crippen MR) is 91.7 cm³/mol. The van der Waals surface area contributed by atoms with E-state index in [0.717, 1.165) is 0 Å². The first-order chi connectivity index (χ1) is 9.58. The van der Waals surface area contributed by atoms with Crippen LogP contribution < -0.4 is 0 Å². The van der Waals surface area contributed by atoms with E-state index in [-0.39, 0.29) is 5.41 Å². The van der Waals surface area contributed by atoms with Gasteiger partial charge in [0.15, 0.2) is 0 Å². The Morgan fingerprint density at radius 1 is 1.00 bits per heavy atom. The molecule has 0 radical (unpaired) electrons. The highest BCUT2D eigenvalue weighted by Crippen LogP contribution is 2.58. The molecule has 0 bridgehead atoms. The van der Waals surface area contributed by atoms with Gasteiger partial charge in [-0.25, -0.2) is 0 Å². The number of rotatable bonds is 3. The van der Waals surface area contributed by atoms with Gasteiger partial charge in [-0.15, -0.1) is 6.58 Å². The van der Waals surface area contributed by atoms with Gasteiger partial charge in [-0.05, 0) is 22.3 Å². The van der Waals surface area contributed by atoms with E-state index in [0.29, 0.717) is 0 Å². The van der Waals surface area contributed by atoms with E-state index in [2.05, 4.69) is 69.0 Å². The minimum absolute atomic E-state index is 0.211. The molecule has 0 aromatic heterocycles. The van der Waals surface area contributed by atoms with E-state index < -0.39 is 5.60 Å². The molecule has 0 fully saturated rings. The highest BCUT2D eigenvalue weighted by atomic mass is 127. The fourth-order valence-electron chi connectivity index (χ4n) is 3.22. The van der Waals surface area contributed by atoms with Gasteiger partial charge in [0.2, 0.25) is 0 Å². The van der Waals surface area contributed by atoms with E-state index in [1.807, 2.05) is 29.1 Å². The van der Waals surface area contributed by atoms with E-state index in [9.17, 15) is 0 Å². The van der Waals surface area contributed by atoms with Crippen LogP contribution in [-0.4, -0.2) is 0 Å². The normalized spacial score (nSPS) is 15.6. The molecule has 0 atom stereocenters. The van der Waals surface area contributed by atoms with Crippen LogP contribution in [0, 0.1) is 5.41 Å². The maximum absolute atomic E-state index is 6.11. The van der Waals surface area contributed by atoms with Crippen molar-refractivity contribution in [1.29, 1.82) is 0 Å². The van der Waals surface area contributed by atoms with Crippen molar-refractivity contribution in [3.8, 4) is 11.1 Å². The van der Waals surface area contributed by atoms with Gasteiger partial charge < -0.3 is 0 Å². The maximum atomic E-state index is 6.11. The topological polar surface area (TPSA) is 9.23 Å². The van der Waals surface area contributed by atoms with Gasteiger partial charge in [-0.3, -0.25) is 3.07 Å².